The number of anilines is 2. The van der Waals surface area contributed by atoms with Crippen molar-refractivity contribution in [2.75, 3.05) is 17.7 Å². The number of benzene rings is 1. The highest BCUT2D eigenvalue weighted by Gasteiger charge is 2.20. The molecule has 0 radical (unpaired) electrons. The average Bonchev–Trinajstić information content (AvgIpc) is 3.18. The standard InChI is InChI=1S/C21H22ClN5O4/c1-21(2,3)17-11-18(27-31-17)26-20(29)25-12-5-6-16(14(22)9-12)30-13-7-8-24-15(10-13)19(28)23-4/h5-11H,1-4H3,(H,23,28)(H2,25,26,27,29). The fourth-order valence-corrected chi connectivity index (χ4v) is 2.70. The number of halogens is 1. The molecule has 162 valence electrons. The number of nitrogens with zero attached hydrogens (tertiary/aromatic N) is 2. The Bertz CT molecular complexity index is 1110. The Kier molecular flexibility index (Phi) is 6.45. The molecule has 2 aromatic heterocycles. The lowest BCUT2D eigenvalue weighted by atomic mass is 9.93. The van der Waals surface area contributed by atoms with Crippen LogP contribution in [0.2, 0.25) is 5.02 Å². The number of pyridine rings is 1. The Morgan fingerprint density at radius 2 is 1.87 bits per heavy atom. The topological polar surface area (TPSA) is 118 Å². The monoisotopic (exact) mass is 443 g/mol. The number of carbonyl (C=O) groups excluding carboxylic acids is 2. The molecule has 0 aliphatic rings. The molecule has 0 saturated carbocycles. The predicted molar refractivity (Wildman–Crippen MR) is 117 cm³/mol. The van der Waals surface area contributed by atoms with Crippen molar-refractivity contribution in [3.63, 3.8) is 0 Å². The summed E-state index contributed by atoms with van der Waals surface area (Å²) in [5, 5.41) is 11.9. The molecule has 3 amide bonds. The number of aromatic nitrogens is 2. The molecule has 9 nitrogen and oxygen atoms in total. The lowest BCUT2D eigenvalue weighted by Gasteiger charge is -2.12. The first kappa shape index (κ1) is 22.1. The van der Waals surface area contributed by atoms with Crippen LogP contribution < -0.4 is 20.7 Å². The van der Waals surface area contributed by atoms with E-state index in [1.54, 1.807) is 30.3 Å². The van der Waals surface area contributed by atoms with Crippen molar-refractivity contribution in [1.29, 1.82) is 0 Å². The van der Waals surface area contributed by atoms with Crippen LogP contribution in [-0.2, 0) is 5.41 Å². The van der Waals surface area contributed by atoms with Crippen LogP contribution in [0, 0.1) is 0 Å². The molecular weight excluding hydrogens is 422 g/mol. The number of urea groups is 1. The van der Waals surface area contributed by atoms with Crippen molar-refractivity contribution in [2.24, 2.45) is 0 Å². The van der Waals surface area contributed by atoms with Crippen LogP contribution in [0.5, 0.6) is 11.5 Å². The van der Waals surface area contributed by atoms with E-state index in [0.717, 1.165) is 0 Å². The van der Waals surface area contributed by atoms with Gasteiger partial charge in [0.15, 0.2) is 5.82 Å². The Morgan fingerprint density at radius 3 is 2.52 bits per heavy atom. The predicted octanol–water partition coefficient (Wildman–Crippen LogP) is 4.82. The van der Waals surface area contributed by atoms with Crippen LogP contribution in [0.25, 0.3) is 0 Å². The van der Waals surface area contributed by atoms with Crippen molar-refractivity contribution in [3.8, 4) is 11.5 Å². The number of rotatable bonds is 5. The molecule has 0 aliphatic carbocycles. The van der Waals surface area contributed by atoms with E-state index in [1.165, 1.54) is 19.3 Å². The van der Waals surface area contributed by atoms with Crippen molar-refractivity contribution < 1.29 is 18.8 Å². The maximum absolute atomic E-state index is 12.2. The smallest absolute Gasteiger partial charge is 0.324 e. The SMILES string of the molecule is CNC(=O)c1cc(Oc2ccc(NC(=O)Nc3cc(C(C)(C)C)on3)cc2Cl)ccn1. The lowest BCUT2D eigenvalue weighted by molar-refractivity contribution is 0.0958. The molecule has 0 atom stereocenters. The molecule has 3 aromatic rings. The summed E-state index contributed by atoms with van der Waals surface area (Å²) in [6.45, 7) is 5.94. The molecule has 0 bridgehead atoms. The van der Waals surface area contributed by atoms with Crippen molar-refractivity contribution in [3.05, 3.63) is 59.1 Å². The number of hydrogen-bond acceptors (Lipinski definition) is 6. The molecule has 0 spiro atoms. The average molecular weight is 444 g/mol. The van der Waals surface area contributed by atoms with Crippen LogP contribution >= 0.6 is 11.6 Å². The zero-order chi connectivity index (χ0) is 22.6. The number of amides is 3. The largest absolute Gasteiger partial charge is 0.456 e. The van der Waals surface area contributed by atoms with Gasteiger partial charge in [-0.1, -0.05) is 37.5 Å². The van der Waals surface area contributed by atoms with Gasteiger partial charge in [-0.15, -0.1) is 0 Å². The maximum Gasteiger partial charge on any atom is 0.324 e. The molecule has 31 heavy (non-hydrogen) atoms. The molecule has 0 saturated heterocycles. The van der Waals surface area contributed by atoms with Crippen molar-refractivity contribution >= 4 is 35.0 Å². The normalized spacial score (nSPS) is 11.0. The van der Waals surface area contributed by atoms with Gasteiger partial charge in [-0.3, -0.25) is 15.1 Å². The van der Waals surface area contributed by atoms with Gasteiger partial charge in [0.2, 0.25) is 0 Å². The number of carbonyl (C=O) groups is 2. The highest BCUT2D eigenvalue weighted by atomic mass is 35.5. The molecular formula is C21H22ClN5O4. The molecule has 3 rings (SSSR count). The van der Waals surface area contributed by atoms with Gasteiger partial charge < -0.3 is 19.9 Å². The quantitative estimate of drug-likeness (QED) is 0.520. The molecule has 1 aromatic carbocycles. The first-order chi connectivity index (χ1) is 14.7. The molecule has 10 heteroatoms. The van der Waals surface area contributed by atoms with E-state index >= 15 is 0 Å². The van der Waals surface area contributed by atoms with E-state index in [2.05, 4.69) is 26.1 Å². The highest BCUT2D eigenvalue weighted by Crippen LogP contribution is 2.32. The summed E-state index contributed by atoms with van der Waals surface area (Å²) in [6, 6.07) is 9.05. The Morgan fingerprint density at radius 1 is 1.10 bits per heavy atom. The molecule has 2 heterocycles. The van der Waals surface area contributed by atoms with Gasteiger partial charge in [-0.05, 0) is 24.3 Å². The molecule has 0 unspecified atom stereocenters. The van der Waals surface area contributed by atoms with Gasteiger partial charge in [-0.25, -0.2) is 4.79 Å². The fourth-order valence-electron chi connectivity index (χ4n) is 2.48. The van der Waals surface area contributed by atoms with E-state index in [0.29, 0.717) is 28.8 Å². The second-order valence-electron chi connectivity index (χ2n) is 7.61. The van der Waals surface area contributed by atoms with Crippen LogP contribution in [0.3, 0.4) is 0 Å². The van der Waals surface area contributed by atoms with Gasteiger partial charge in [0.05, 0.1) is 5.02 Å². The summed E-state index contributed by atoms with van der Waals surface area (Å²) in [4.78, 5) is 27.9. The second kappa shape index (κ2) is 9.05. The summed E-state index contributed by atoms with van der Waals surface area (Å²) in [5.41, 5.74) is 0.451. The minimum absolute atomic E-state index is 0.216. The number of hydrogen-bond donors (Lipinski definition) is 3. The Balaban J connectivity index is 1.65. The van der Waals surface area contributed by atoms with Gasteiger partial charge in [-0.2, -0.15) is 0 Å². The Labute approximate surface area is 184 Å². The van der Waals surface area contributed by atoms with Crippen molar-refractivity contribution in [2.45, 2.75) is 26.2 Å². The summed E-state index contributed by atoms with van der Waals surface area (Å²) in [7, 11) is 1.52. The van der Waals surface area contributed by atoms with Gasteiger partial charge in [0.25, 0.3) is 5.91 Å². The number of ether oxygens (including phenoxy) is 1. The third kappa shape index (κ3) is 5.73. The van der Waals surface area contributed by atoms with Gasteiger partial charge in [0.1, 0.15) is 23.0 Å². The number of nitrogens with one attached hydrogen (secondary N) is 3. The van der Waals surface area contributed by atoms with Crippen LogP contribution in [0.15, 0.2) is 47.1 Å². The van der Waals surface area contributed by atoms with E-state index in [9.17, 15) is 9.59 Å². The third-order valence-electron chi connectivity index (χ3n) is 4.10. The summed E-state index contributed by atoms with van der Waals surface area (Å²) >= 11 is 6.29. The van der Waals surface area contributed by atoms with Crippen molar-refractivity contribution in [1.82, 2.24) is 15.5 Å². The minimum atomic E-state index is -0.497. The molecule has 3 N–H and O–H groups in total. The van der Waals surface area contributed by atoms with Gasteiger partial charge >= 0.3 is 6.03 Å². The van der Waals surface area contributed by atoms with Crippen LogP contribution in [-0.4, -0.2) is 29.1 Å². The first-order valence-electron chi connectivity index (χ1n) is 9.36. The highest BCUT2D eigenvalue weighted by molar-refractivity contribution is 6.32. The van der Waals surface area contributed by atoms with E-state index in [-0.39, 0.29) is 22.0 Å². The fraction of sp³-hybridized carbons (Fsp3) is 0.238. The minimum Gasteiger partial charge on any atom is -0.456 e. The van der Waals surface area contributed by atoms with Gasteiger partial charge in [0, 0.05) is 36.5 Å². The summed E-state index contributed by atoms with van der Waals surface area (Å²) in [5.74, 6) is 1.38. The third-order valence-corrected chi connectivity index (χ3v) is 4.39. The molecule has 0 fully saturated rings. The summed E-state index contributed by atoms with van der Waals surface area (Å²) < 4.78 is 11.0. The van der Waals surface area contributed by atoms with Crippen LogP contribution in [0.1, 0.15) is 37.0 Å². The maximum atomic E-state index is 12.2. The first-order valence-corrected chi connectivity index (χ1v) is 9.74. The van der Waals surface area contributed by atoms with E-state index < -0.39 is 6.03 Å². The zero-order valence-corrected chi connectivity index (χ0v) is 18.2. The van der Waals surface area contributed by atoms with E-state index in [4.69, 9.17) is 20.9 Å². The summed E-state index contributed by atoms with van der Waals surface area (Å²) in [6.07, 6.45) is 1.46. The zero-order valence-electron chi connectivity index (χ0n) is 17.4. The Hall–Kier alpha value is -3.59. The van der Waals surface area contributed by atoms with Crippen LogP contribution in [0.4, 0.5) is 16.3 Å². The second-order valence-corrected chi connectivity index (χ2v) is 8.02. The lowest BCUT2D eigenvalue weighted by Crippen LogP contribution is -2.19. The molecule has 0 aliphatic heterocycles. The van der Waals surface area contributed by atoms with E-state index in [1.807, 2.05) is 20.8 Å².